The summed E-state index contributed by atoms with van der Waals surface area (Å²) in [5.41, 5.74) is -0.278. The maximum absolute atomic E-state index is 13.1. The Morgan fingerprint density at radius 3 is 3.04 bits per heavy atom. The largest absolute Gasteiger partial charge is 0.492 e. The topological polar surface area (TPSA) is 50.4 Å². The van der Waals surface area contributed by atoms with Gasteiger partial charge in [0.15, 0.2) is 11.6 Å². The molecule has 23 heavy (non-hydrogen) atoms. The van der Waals surface area contributed by atoms with E-state index in [9.17, 15) is 13.6 Å². The van der Waals surface area contributed by atoms with Gasteiger partial charge in [0.1, 0.15) is 12.4 Å². The summed E-state index contributed by atoms with van der Waals surface area (Å²) in [6.45, 7) is 2.24. The van der Waals surface area contributed by atoms with Crippen molar-refractivity contribution < 1.29 is 18.3 Å². The van der Waals surface area contributed by atoms with Crippen molar-refractivity contribution in [3.8, 4) is 5.75 Å². The first-order valence-corrected chi connectivity index (χ1v) is 8.19. The molecule has 2 aliphatic rings. The average Bonchev–Trinajstić information content (AvgIpc) is 3.00. The molecule has 1 saturated carbocycles. The van der Waals surface area contributed by atoms with E-state index in [4.69, 9.17) is 4.74 Å². The van der Waals surface area contributed by atoms with Gasteiger partial charge in [-0.1, -0.05) is 12.8 Å². The first-order valence-electron chi connectivity index (χ1n) is 8.19. The first kappa shape index (κ1) is 16.2. The van der Waals surface area contributed by atoms with Crippen LogP contribution in [0.5, 0.6) is 5.75 Å². The fraction of sp³-hybridized carbons (Fsp3) is 0.588. The fourth-order valence-electron chi connectivity index (χ4n) is 3.77. The lowest BCUT2D eigenvalue weighted by molar-refractivity contribution is -0.134. The second-order valence-corrected chi connectivity index (χ2v) is 6.41. The third-order valence-electron chi connectivity index (χ3n) is 5.04. The van der Waals surface area contributed by atoms with Crippen LogP contribution >= 0.6 is 0 Å². The number of benzene rings is 1. The zero-order chi connectivity index (χ0) is 16.3. The highest BCUT2D eigenvalue weighted by Gasteiger charge is 2.49. The van der Waals surface area contributed by atoms with Gasteiger partial charge in [-0.2, -0.15) is 0 Å². The van der Waals surface area contributed by atoms with Gasteiger partial charge in [-0.15, -0.1) is 0 Å². The molecule has 0 spiro atoms. The molecule has 1 aliphatic heterocycles. The number of carbonyl (C=O) groups excluding carboxylic acids is 1. The van der Waals surface area contributed by atoms with Crippen LogP contribution in [0.3, 0.4) is 0 Å². The highest BCUT2D eigenvalue weighted by atomic mass is 19.2. The Morgan fingerprint density at radius 1 is 1.35 bits per heavy atom. The summed E-state index contributed by atoms with van der Waals surface area (Å²) in [6, 6.07) is 3.41. The number of hydrogen-bond donors (Lipinski definition) is 2. The fourth-order valence-corrected chi connectivity index (χ4v) is 3.77. The van der Waals surface area contributed by atoms with E-state index in [0.29, 0.717) is 12.5 Å². The smallest absolute Gasteiger partial charge is 0.227 e. The summed E-state index contributed by atoms with van der Waals surface area (Å²) in [4.78, 5) is 12.6. The summed E-state index contributed by atoms with van der Waals surface area (Å²) in [5.74, 6) is -1.08. The number of hydrogen-bond acceptors (Lipinski definition) is 3. The lowest BCUT2D eigenvalue weighted by Crippen LogP contribution is -2.48. The minimum atomic E-state index is -0.937. The van der Waals surface area contributed by atoms with E-state index >= 15 is 0 Å². The monoisotopic (exact) mass is 324 g/mol. The van der Waals surface area contributed by atoms with Gasteiger partial charge in [0.2, 0.25) is 5.91 Å². The summed E-state index contributed by atoms with van der Waals surface area (Å²) in [6.07, 6.45) is 4.32. The molecule has 126 valence electrons. The van der Waals surface area contributed by atoms with E-state index in [1.54, 1.807) is 0 Å². The van der Waals surface area contributed by atoms with Crippen molar-refractivity contribution in [1.29, 1.82) is 0 Å². The van der Waals surface area contributed by atoms with Crippen molar-refractivity contribution in [2.45, 2.75) is 25.7 Å². The van der Waals surface area contributed by atoms with Gasteiger partial charge in [0.05, 0.1) is 12.0 Å². The normalized spacial score (nSPS) is 26.6. The highest BCUT2D eigenvalue weighted by Crippen LogP contribution is 2.43. The number of nitrogens with one attached hydrogen (secondary N) is 2. The van der Waals surface area contributed by atoms with Crippen LogP contribution in [0.25, 0.3) is 0 Å². The zero-order valence-corrected chi connectivity index (χ0v) is 13.0. The van der Waals surface area contributed by atoms with Crippen LogP contribution in [0.1, 0.15) is 25.7 Å². The molecular formula is C17H22F2N2O2. The molecule has 1 heterocycles. The van der Waals surface area contributed by atoms with Crippen molar-refractivity contribution >= 4 is 5.91 Å². The Labute approximate surface area is 134 Å². The average molecular weight is 324 g/mol. The maximum Gasteiger partial charge on any atom is 0.227 e. The Morgan fingerprint density at radius 2 is 2.22 bits per heavy atom. The van der Waals surface area contributed by atoms with E-state index in [2.05, 4.69) is 10.6 Å². The van der Waals surface area contributed by atoms with Gasteiger partial charge in [0, 0.05) is 12.6 Å². The molecule has 3 rings (SSSR count). The predicted molar refractivity (Wildman–Crippen MR) is 82.1 cm³/mol. The Balaban J connectivity index is 1.48. The molecule has 0 aromatic heterocycles. The molecule has 1 saturated heterocycles. The Bertz CT molecular complexity index is 582. The van der Waals surface area contributed by atoms with Crippen molar-refractivity contribution in [2.24, 2.45) is 11.3 Å². The van der Waals surface area contributed by atoms with E-state index in [-0.39, 0.29) is 23.7 Å². The number of halogens is 2. The number of carbonyl (C=O) groups is 1. The highest BCUT2D eigenvalue weighted by molar-refractivity contribution is 5.83. The third-order valence-corrected chi connectivity index (χ3v) is 5.04. The summed E-state index contributed by atoms with van der Waals surface area (Å²) in [7, 11) is 0. The quantitative estimate of drug-likeness (QED) is 0.817. The van der Waals surface area contributed by atoms with E-state index in [1.807, 2.05) is 0 Å². The zero-order valence-electron chi connectivity index (χ0n) is 13.0. The molecule has 1 aromatic rings. The molecule has 4 nitrogen and oxygen atoms in total. The first-order chi connectivity index (χ1) is 11.1. The second kappa shape index (κ2) is 6.83. The number of amides is 1. The van der Waals surface area contributed by atoms with Crippen LogP contribution in [0.15, 0.2) is 18.2 Å². The van der Waals surface area contributed by atoms with E-state index in [0.717, 1.165) is 44.5 Å². The van der Waals surface area contributed by atoms with Gasteiger partial charge >= 0.3 is 0 Å². The van der Waals surface area contributed by atoms with Crippen molar-refractivity contribution in [3.63, 3.8) is 0 Å². The van der Waals surface area contributed by atoms with Crippen LogP contribution in [0.4, 0.5) is 8.78 Å². The van der Waals surface area contributed by atoms with Gasteiger partial charge in [-0.05, 0) is 37.4 Å². The molecular weight excluding hydrogens is 302 g/mol. The summed E-state index contributed by atoms with van der Waals surface area (Å²) in [5, 5.41) is 6.28. The molecule has 2 fully saturated rings. The van der Waals surface area contributed by atoms with Crippen molar-refractivity contribution in [1.82, 2.24) is 10.6 Å². The molecule has 0 bridgehead atoms. The predicted octanol–water partition coefficient (Wildman–Crippen LogP) is 2.24. The van der Waals surface area contributed by atoms with E-state index in [1.165, 1.54) is 12.5 Å². The van der Waals surface area contributed by atoms with Crippen molar-refractivity contribution in [3.05, 3.63) is 29.8 Å². The molecule has 0 unspecified atom stereocenters. The third kappa shape index (κ3) is 3.32. The minimum absolute atomic E-state index is 0.0843. The molecule has 1 aliphatic carbocycles. The Hall–Kier alpha value is -1.69. The lowest BCUT2D eigenvalue weighted by atomic mass is 9.67. The SMILES string of the molecule is O=C(NCCOc1ccc(F)c(F)c1)[C@@]12CCCC[C@H]1CNC2. The van der Waals surface area contributed by atoms with Crippen molar-refractivity contribution in [2.75, 3.05) is 26.2 Å². The van der Waals surface area contributed by atoms with Gasteiger partial charge in [0.25, 0.3) is 0 Å². The van der Waals surface area contributed by atoms with Crippen LogP contribution in [-0.2, 0) is 4.79 Å². The standard InChI is InChI=1S/C17H22F2N2O2/c18-14-5-4-13(9-15(14)19)23-8-7-21-16(22)17-6-2-1-3-12(17)10-20-11-17/h4-5,9,12,20H,1-3,6-8,10-11H2,(H,21,22)/t12-,17+/m0/s1. The molecule has 1 amide bonds. The Kier molecular flexibility index (Phi) is 4.80. The molecule has 0 radical (unpaired) electrons. The summed E-state index contributed by atoms with van der Waals surface area (Å²) >= 11 is 0. The second-order valence-electron chi connectivity index (χ2n) is 6.41. The summed E-state index contributed by atoms with van der Waals surface area (Å²) < 4.78 is 31.3. The number of rotatable bonds is 5. The number of fused-ring (bicyclic) bond motifs is 1. The molecule has 2 atom stereocenters. The van der Waals surface area contributed by atoms with Gasteiger partial charge < -0.3 is 15.4 Å². The molecule has 2 N–H and O–H groups in total. The molecule has 6 heteroatoms. The van der Waals surface area contributed by atoms with Gasteiger partial charge in [-0.3, -0.25) is 4.79 Å². The van der Waals surface area contributed by atoms with Crippen LogP contribution < -0.4 is 15.4 Å². The minimum Gasteiger partial charge on any atom is -0.492 e. The maximum atomic E-state index is 13.1. The van der Waals surface area contributed by atoms with Crippen LogP contribution in [0.2, 0.25) is 0 Å². The van der Waals surface area contributed by atoms with Crippen LogP contribution in [-0.4, -0.2) is 32.1 Å². The lowest BCUT2D eigenvalue weighted by Gasteiger charge is -2.37. The van der Waals surface area contributed by atoms with Crippen LogP contribution in [0, 0.1) is 23.0 Å². The van der Waals surface area contributed by atoms with Gasteiger partial charge in [-0.25, -0.2) is 8.78 Å². The molecule has 1 aromatic carbocycles. The number of ether oxygens (including phenoxy) is 1. The van der Waals surface area contributed by atoms with E-state index < -0.39 is 11.6 Å².